The van der Waals surface area contributed by atoms with Crippen molar-refractivity contribution in [3.05, 3.63) is 188 Å². The van der Waals surface area contributed by atoms with Crippen LogP contribution in [0.1, 0.15) is 9.60 Å². The van der Waals surface area contributed by atoms with Gasteiger partial charge in [0.1, 0.15) is 0 Å². The summed E-state index contributed by atoms with van der Waals surface area (Å²) in [5, 5.41) is 4.63. The van der Waals surface area contributed by atoms with E-state index in [9.17, 15) is 1.37 Å². The molecule has 0 amide bonds. The Morgan fingerprint density at radius 1 is 0.421 bits per heavy atom. The quantitative estimate of drug-likeness (QED) is 0.176. The Morgan fingerprint density at radius 3 is 1.91 bits per heavy atom. The number of hydrogen-bond donors (Lipinski definition) is 0. The number of aromatic nitrogens is 5. The molecule has 12 rings (SSSR count). The number of benzene rings is 8. The summed E-state index contributed by atoms with van der Waals surface area (Å²) in [5.41, 5.74) is 5.82. The molecule has 0 aliphatic rings. The largest absolute Gasteiger partial charge is 0.309 e. The lowest BCUT2D eigenvalue weighted by Gasteiger charge is -2.15. The van der Waals surface area contributed by atoms with Gasteiger partial charge in [0.15, 0.2) is 11.6 Å². The average Bonchev–Trinajstić information content (AvgIpc) is 4.01. The summed E-state index contributed by atoms with van der Waals surface area (Å²) in [4.78, 5) is 15.7. The number of nitrogens with zero attached hydrogens (tertiary/aromatic N) is 5. The highest BCUT2D eigenvalue weighted by Crippen LogP contribution is 2.41. The van der Waals surface area contributed by atoms with E-state index < -0.39 is 12.1 Å². The van der Waals surface area contributed by atoms with Crippen LogP contribution in [-0.4, -0.2) is 24.1 Å². The lowest BCUT2D eigenvalue weighted by Crippen LogP contribution is -2.07. The minimum Gasteiger partial charge on any atom is -0.309 e. The van der Waals surface area contributed by atoms with E-state index >= 15 is 0 Å². The highest BCUT2D eigenvalue weighted by molar-refractivity contribution is 7.26. The minimum absolute atomic E-state index is 0.0659. The summed E-state index contributed by atoms with van der Waals surface area (Å²) in [6.45, 7) is 0. The van der Waals surface area contributed by atoms with Crippen molar-refractivity contribution in [1.29, 1.82) is 0 Å². The van der Waals surface area contributed by atoms with Crippen molar-refractivity contribution >= 4 is 75.1 Å². The standard InChI is InChI=1S/C51H31N5S/c1-7-25-42-35(17-1)36-18-2-8-26-43(36)55(42)46-29-11-5-22-41(46)50-52-49(53-51(54-50)56-44-27-9-3-19-37(44)38-20-4-10-28-45(38)56)33-16-13-15-32(31-33)34-23-14-24-40-39-21-6-12-30-47(39)57-48(34)40/h1-31H/i1D,2D,7D,17D,18D,25D,26D. The molecule has 0 aliphatic heterocycles. The zero-order valence-electron chi connectivity index (χ0n) is 37.0. The smallest absolute Gasteiger partial charge is 0.238 e. The molecule has 0 atom stereocenters. The summed E-state index contributed by atoms with van der Waals surface area (Å²) in [6.07, 6.45) is 0. The van der Waals surface area contributed by atoms with Gasteiger partial charge >= 0.3 is 0 Å². The SMILES string of the molecule is [2H]c1cc([2H])c2c(c1[2H])c1c([2H])c([2H])c([2H])c([2H])c1n2-c1ccccc1-c1nc(-c2cccc(-c3cccc4c3sc3ccccc34)c2)nc(-n2c3ccccc3c3ccccc32)n1. The molecule has 0 saturated heterocycles. The molecule has 0 fully saturated rings. The molecule has 57 heavy (non-hydrogen) atoms. The van der Waals surface area contributed by atoms with E-state index in [0.717, 1.165) is 38.5 Å². The third kappa shape index (κ3) is 4.91. The van der Waals surface area contributed by atoms with Crippen molar-refractivity contribution in [3.8, 4) is 45.5 Å². The third-order valence-corrected chi connectivity index (χ3v) is 11.9. The fourth-order valence-electron chi connectivity index (χ4n) is 8.22. The van der Waals surface area contributed by atoms with Crippen molar-refractivity contribution in [2.24, 2.45) is 0 Å². The molecule has 5 nitrogen and oxygen atoms in total. The van der Waals surface area contributed by atoms with Crippen molar-refractivity contribution in [3.63, 3.8) is 0 Å². The highest BCUT2D eigenvalue weighted by Gasteiger charge is 2.21. The van der Waals surface area contributed by atoms with Crippen LogP contribution in [0.25, 0.3) is 109 Å². The van der Waals surface area contributed by atoms with Gasteiger partial charge in [-0.05, 0) is 59.6 Å². The van der Waals surface area contributed by atoms with Gasteiger partial charge in [-0.3, -0.25) is 4.57 Å². The molecule has 0 radical (unpaired) electrons. The topological polar surface area (TPSA) is 48.5 Å². The van der Waals surface area contributed by atoms with Crippen molar-refractivity contribution in [2.75, 3.05) is 0 Å². The van der Waals surface area contributed by atoms with Crippen molar-refractivity contribution < 1.29 is 9.60 Å². The molecular formula is C51H31N5S. The molecule has 0 aliphatic carbocycles. The normalized spacial score (nSPS) is 13.6. The predicted octanol–water partition coefficient (Wildman–Crippen LogP) is 13.4. The van der Waals surface area contributed by atoms with Crippen LogP contribution in [0.3, 0.4) is 0 Å². The van der Waals surface area contributed by atoms with Gasteiger partial charge in [0.05, 0.1) is 37.3 Å². The van der Waals surface area contributed by atoms with Gasteiger partial charge in [-0.15, -0.1) is 11.3 Å². The maximum absolute atomic E-state index is 9.19. The molecule has 4 heterocycles. The molecule has 0 N–H and O–H groups in total. The number of rotatable bonds is 5. The molecule has 0 unspecified atom stereocenters. The van der Waals surface area contributed by atoms with Crippen LogP contribution >= 0.6 is 11.3 Å². The summed E-state index contributed by atoms with van der Waals surface area (Å²) < 4.78 is 68.2. The number of thiophene rings is 1. The highest BCUT2D eigenvalue weighted by atomic mass is 32.1. The Labute approximate surface area is 341 Å². The predicted molar refractivity (Wildman–Crippen MR) is 238 cm³/mol. The Kier molecular flexibility index (Phi) is 5.65. The molecule has 12 aromatic rings. The zero-order valence-corrected chi connectivity index (χ0v) is 30.8. The minimum atomic E-state index is -0.463. The van der Waals surface area contributed by atoms with Gasteiger partial charge in [-0.2, -0.15) is 9.97 Å². The van der Waals surface area contributed by atoms with Crippen molar-refractivity contribution in [2.45, 2.75) is 0 Å². The lowest BCUT2D eigenvalue weighted by molar-refractivity contribution is 0.952. The molecule has 6 heteroatoms. The third-order valence-electron chi connectivity index (χ3n) is 10.7. The van der Waals surface area contributed by atoms with Gasteiger partial charge in [-0.25, -0.2) is 4.98 Å². The summed E-state index contributed by atoms with van der Waals surface area (Å²) in [7, 11) is 0. The Bertz CT molecular complexity index is 3910. The Hall–Kier alpha value is -7.41. The van der Waals surface area contributed by atoms with E-state index in [4.69, 9.17) is 23.2 Å². The van der Waals surface area contributed by atoms with Crippen LogP contribution in [0.15, 0.2) is 188 Å². The first-order chi connectivity index (χ1) is 31.2. The second-order valence-electron chi connectivity index (χ2n) is 13.9. The molecule has 0 saturated carbocycles. The van der Waals surface area contributed by atoms with Crippen LogP contribution in [0.4, 0.5) is 0 Å². The summed E-state index contributed by atoms with van der Waals surface area (Å²) in [5.74, 6) is 1.04. The van der Waals surface area contributed by atoms with Gasteiger partial charge in [0, 0.05) is 52.8 Å². The van der Waals surface area contributed by atoms with Gasteiger partial charge < -0.3 is 4.57 Å². The van der Waals surface area contributed by atoms with E-state index in [1.165, 1.54) is 26.2 Å². The van der Waals surface area contributed by atoms with Crippen LogP contribution in [0.5, 0.6) is 0 Å². The monoisotopic (exact) mass is 752 g/mol. The number of hydrogen-bond acceptors (Lipinski definition) is 4. The van der Waals surface area contributed by atoms with Crippen LogP contribution < -0.4 is 0 Å². The first-order valence-electron chi connectivity index (χ1n) is 22.0. The molecule has 0 bridgehead atoms. The average molecular weight is 753 g/mol. The van der Waals surface area contributed by atoms with Crippen molar-refractivity contribution in [1.82, 2.24) is 24.1 Å². The molecule has 8 aromatic carbocycles. The Balaban J connectivity index is 1.15. The zero-order chi connectivity index (χ0) is 43.5. The fraction of sp³-hybridized carbons (Fsp3) is 0. The first-order valence-corrected chi connectivity index (χ1v) is 19.4. The fourth-order valence-corrected chi connectivity index (χ4v) is 9.46. The van der Waals surface area contributed by atoms with Gasteiger partial charge in [0.25, 0.3) is 0 Å². The van der Waals surface area contributed by atoms with Crippen LogP contribution in [-0.2, 0) is 0 Å². The second-order valence-corrected chi connectivity index (χ2v) is 14.9. The molecular weight excluding hydrogens is 715 g/mol. The van der Waals surface area contributed by atoms with E-state index in [1.807, 2.05) is 65.2 Å². The van der Waals surface area contributed by atoms with E-state index in [1.54, 1.807) is 28.0 Å². The van der Waals surface area contributed by atoms with E-state index in [0.29, 0.717) is 23.0 Å². The van der Waals surface area contributed by atoms with E-state index in [-0.39, 0.29) is 57.8 Å². The summed E-state index contributed by atoms with van der Waals surface area (Å²) >= 11 is 1.77. The van der Waals surface area contributed by atoms with E-state index in [2.05, 4.69) is 66.7 Å². The van der Waals surface area contributed by atoms with Gasteiger partial charge in [-0.1, -0.05) is 139 Å². The number of fused-ring (bicyclic) bond motifs is 9. The molecule has 0 spiro atoms. The van der Waals surface area contributed by atoms with Gasteiger partial charge in [0.2, 0.25) is 5.95 Å². The number of para-hydroxylation sites is 5. The first kappa shape index (κ1) is 25.6. The lowest BCUT2D eigenvalue weighted by atomic mass is 10.0. The maximum Gasteiger partial charge on any atom is 0.238 e. The Morgan fingerprint density at radius 2 is 1.05 bits per heavy atom. The second kappa shape index (κ2) is 12.6. The van der Waals surface area contributed by atoms with Crippen LogP contribution in [0.2, 0.25) is 0 Å². The maximum atomic E-state index is 9.19. The molecule has 266 valence electrons. The summed E-state index contributed by atoms with van der Waals surface area (Å²) in [6, 6.07) is 45.7. The van der Waals surface area contributed by atoms with Crippen LogP contribution in [0, 0.1) is 0 Å². The molecule has 4 aromatic heterocycles.